The molecule has 5 heteroatoms. The van der Waals surface area contributed by atoms with Gasteiger partial charge < -0.3 is 5.32 Å². The molecule has 0 aromatic heterocycles. The van der Waals surface area contributed by atoms with Crippen molar-refractivity contribution in [3.8, 4) is 0 Å². The molecule has 0 aliphatic carbocycles. The summed E-state index contributed by atoms with van der Waals surface area (Å²) in [6, 6.07) is 10.6. The molecule has 2 aromatic carbocycles. The Bertz CT molecular complexity index is 646. The number of benzene rings is 2. The fraction of sp³-hybridized carbons (Fsp3) is 0.133. The monoisotopic (exact) mass is 339 g/mol. The highest BCUT2D eigenvalue weighted by Gasteiger charge is 2.18. The van der Waals surface area contributed by atoms with Gasteiger partial charge in [-0.15, -0.1) is 0 Å². The molecule has 2 rings (SSSR count). The zero-order valence-electron chi connectivity index (χ0n) is 10.7. The molecule has 0 radical (unpaired) electrons. The molecule has 0 aliphatic heterocycles. The number of halogens is 3. The van der Waals surface area contributed by atoms with Gasteiger partial charge in [0.25, 0.3) is 5.91 Å². The highest BCUT2D eigenvalue weighted by atomic mass is 79.9. The summed E-state index contributed by atoms with van der Waals surface area (Å²) in [5.74, 6) is -2.82. The van der Waals surface area contributed by atoms with E-state index in [4.69, 9.17) is 0 Å². The lowest BCUT2D eigenvalue weighted by Crippen LogP contribution is -2.27. The van der Waals surface area contributed by atoms with Crippen molar-refractivity contribution in [3.63, 3.8) is 0 Å². The molecule has 20 heavy (non-hydrogen) atoms. The quantitative estimate of drug-likeness (QED) is 0.891. The number of rotatable bonds is 3. The van der Waals surface area contributed by atoms with Crippen LogP contribution in [0.25, 0.3) is 0 Å². The smallest absolute Gasteiger partial charge is 0.254 e. The first-order chi connectivity index (χ1) is 9.50. The van der Waals surface area contributed by atoms with Gasteiger partial charge in [0, 0.05) is 4.47 Å². The summed E-state index contributed by atoms with van der Waals surface area (Å²) in [5.41, 5.74) is 0.557. The van der Waals surface area contributed by atoms with Crippen LogP contribution in [-0.4, -0.2) is 5.91 Å². The molecule has 1 amide bonds. The van der Waals surface area contributed by atoms with Gasteiger partial charge >= 0.3 is 0 Å². The lowest BCUT2D eigenvalue weighted by Gasteiger charge is -2.16. The Morgan fingerprint density at radius 3 is 2.55 bits per heavy atom. The van der Waals surface area contributed by atoms with Crippen molar-refractivity contribution in [3.05, 3.63) is 69.7 Å². The standard InChI is InChI=1S/C15H12BrF2NO/c1-9(10-5-2-3-7-12(10)16)19-15(20)11-6-4-8-13(17)14(11)18/h2-9H,1H3,(H,19,20). The molecule has 0 fully saturated rings. The van der Waals surface area contributed by atoms with Crippen LogP contribution in [0.1, 0.15) is 28.9 Å². The molecular weight excluding hydrogens is 328 g/mol. The second-order valence-corrected chi connectivity index (χ2v) is 5.17. The normalized spacial score (nSPS) is 12.0. The molecule has 0 saturated heterocycles. The lowest BCUT2D eigenvalue weighted by molar-refractivity contribution is 0.0934. The number of hydrogen-bond donors (Lipinski definition) is 1. The molecule has 1 unspecified atom stereocenters. The zero-order chi connectivity index (χ0) is 14.7. The molecule has 0 spiro atoms. The maximum atomic E-state index is 13.5. The summed E-state index contributed by atoms with van der Waals surface area (Å²) >= 11 is 3.38. The van der Waals surface area contributed by atoms with Gasteiger partial charge in [0.15, 0.2) is 11.6 Å². The second kappa shape index (κ2) is 6.13. The van der Waals surface area contributed by atoms with Gasteiger partial charge in [-0.2, -0.15) is 0 Å². The molecule has 0 saturated carbocycles. The van der Waals surface area contributed by atoms with Gasteiger partial charge in [-0.25, -0.2) is 8.78 Å². The van der Waals surface area contributed by atoms with Crippen LogP contribution in [0.15, 0.2) is 46.9 Å². The molecule has 0 bridgehead atoms. The van der Waals surface area contributed by atoms with Crippen LogP contribution in [0.5, 0.6) is 0 Å². The Morgan fingerprint density at radius 1 is 1.15 bits per heavy atom. The van der Waals surface area contributed by atoms with E-state index in [9.17, 15) is 13.6 Å². The third-order valence-electron chi connectivity index (χ3n) is 2.92. The van der Waals surface area contributed by atoms with E-state index >= 15 is 0 Å². The van der Waals surface area contributed by atoms with E-state index in [0.717, 1.165) is 16.1 Å². The van der Waals surface area contributed by atoms with Gasteiger partial charge in [0.05, 0.1) is 11.6 Å². The predicted molar refractivity (Wildman–Crippen MR) is 76.4 cm³/mol. The van der Waals surface area contributed by atoms with E-state index in [2.05, 4.69) is 21.2 Å². The molecule has 0 heterocycles. The van der Waals surface area contributed by atoms with Gasteiger partial charge in [-0.3, -0.25) is 4.79 Å². The first-order valence-corrected chi connectivity index (χ1v) is 6.79. The van der Waals surface area contributed by atoms with Crippen molar-refractivity contribution in [2.45, 2.75) is 13.0 Å². The molecule has 2 nitrogen and oxygen atoms in total. The summed E-state index contributed by atoms with van der Waals surface area (Å²) in [5, 5.41) is 2.65. The Labute approximate surface area is 123 Å². The topological polar surface area (TPSA) is 29.1 Å². The summed E-state index contributed by atoms with van der Waals surface area (Å²) in [6.07, 6.45) is 0. The minimum atomic E-state index is -1.13. The average Bonchev–Trinajstić information content (AvgIpc) is 2.42. The van der Waals surface area contributed by atoms with E-state index in [0.29, 0.717) is 0 Å². The van der Waals surface area contributed by atoms with E-state index in [1.54, 1.807) is 6.92 Å². The Hall–Kier alpha value is -1.75. The Morgan fingerprint density at radius 2 is 1.85 bits per heavy atom. The van der Waals surface area contributed by atoms with Crippen LogP contribution in [0.3, 0.4) is 0 Å². The first kappa shape index (κ1) is 14.7. The fourth-order valence-electron chi connectivity index (χ4n) is 1.86. The average molecular weight is 340 g/mol. The molecule has 0 aliphatic rings. The molecule has 104 valence electrons. The van der Waals surface area contributed by atoms with Crippen molar-refractivity contribution in [1.29, 1.82) is 0 Å². The summed E-state index contributed by atoms with van der Waals surface area (Å²) in [7, 11) is 0. The Balaban J connectivity index is 2.20. The highest BCUT2D eigenvalue weighted by Crippen LogP contribution is 2.23. The number of nitrogens with one attached hydrogen (secondary N) is 1. The third-order valence-corrected chi connectivity index (χ3v) is 3.64. The number of hydrogen-bond acceptors (Lipinski definition) is 1. The Kier molecular flexibility index (Phi) is 4.49. The van der Waals surface area contributed by atoms with Crippen molar-refractivity contribution < 1.29 is 13.6 Å². The summed E-state index contributed by atoms with van der Waals surface area (Å²) in [4.78, 5) is 12.0. The van der Waals surface area contributed by atoms with Crippen LogP contribution in [0.2, 0.25) is 0 Å². The largest absolute Gasteiger partial charge is 0.345 e. The molecule has 2 aromatic rings. The second-order valence-electron chi connectivity index (χ2n) is 4.32. The van der Waals surface area contributed by atoms with Crippen molar-refractivity contribution >= 4 is 21.8 Å². The van der Waals surface area contributed by atoms with E-state index in [1.165, 1.54) is 12.1 Å². The van der Waals surface area contributed by atoms with E-state index < -0.39 is 17.5 Å². The molecule has 1 N–H and O–H groups in total. The van der Waals surface area contributed by atoms with Crippen LogP contribution < -0.4 is 5.32 Å². The lowest BCUT2D eigenvalue weighted by atomic mass is 10.1. The molecule has 1 atom stereocenters. The maximum absolute atomic E-state index is 13.5. The minimum Gasteiger partial charge on any atom is -0.345 e. The SMILES string of the molecule is CC(NC(=O)c1cccc(F)c1F)c1ccccc1Br. The van der Waals surface area contributed by atoms with E-state index in [-0.39, 0.29) is 11.6 Å². The van der Waals surface area contributed by atoms with Crippen LogP contribution in [0.4, 0.5) is 8.78 Å². The zero-order valence-corrected chi connectivity index (χ0v) is 12.2. The number of carbonyl (C=O) groups is 1. The highest BCUT2D eigenvalue weighted by molar-refractivity contribution is 9.10. The van der Waals surface area contributed by atoms with Gasteiger partial charge in [0.2, 0.25) is 0 Å². The van der Waals surface area contributed by atoms with Gasteiger partial charge in [0.1, 0.15) is 0 Å². The predicted octanol–water partition coefficient (Wildman–Crippen LogP) is 4.22. The third kappa shape index (κ3) is 3.04. The van der Waals surface area contributed by atoms with Gasteiger partial charge in [-0.05, 0) is 30.7 Å². The van der Waals surface area contributed by atoms with Crippen LogP contribution in [0, 0.1) is 11.6 Å². The first-order valence-electron chi connectivity index (χ1n) is 6.00. The van der Waals surface area contributed by atoms with Crippen molar-refractivity contribution in [2.24, 2.45) is 0 Å². The summed E-state index contributed by atoms with van der Waals surface area (Å²) < 4.78 is 27.5. The van der Waals surface area contributed by atoms with Gasteiger partial charge in [-0.1, -0.05) is 40.2 Å². The molecular formula is C15H12BrF2NO. The van der Waals surface area contributed by atoms with E-state index in [1.807, 2.05) is 24.3 Å². The number of carbonyl (C=O) groups excluding carboxylic acids is 1. The van der Waals surface area contributed by atoms with Crippen LogP contribution >= 0.6 is 15.9 Å². The minimum absolute atomic E-state index is 0.302. The maximum Gasteiger partial charge on any atom is 0.254 e. The number of amides is 1. The van der Waals surface area contributed by atoms with Crippen molar-refractivity contribution in [2.75, 3.05) is 0 Å². The van der Waals surface area contributed by atoms with Crippen LogP contribution in [-0.2, 0) is 0 Å². The summed E-state index contributed by atoms with van der Waals surface area (Å²) in [6.45, 7) is 1.77. The fourth-order valence-corrected chi connectivity index (χ4v) is 2.49. The van der Waals surface area contributed by atoms with Crippen molar-refractivity contribution in [1.82, 2.24) is 5.32 Å².